The summed E-state index contributed by atoms with van der Waals surface area (Å²) >= 11 is 0. The van der Waals surface area contributed by atoms with E-state index in [-0.39, 0.29) is 12.2 Å². The second-order valence-electron chi connectivity index (χ2n) is 9.16. The standard InChI is InChI=1S/C24H31F2N3O5S/c1-16(23(31)27-24(2,3)4)28(14-17-8-7-9-19(12-17)34-5)22(30)15-29(35(6,32)33)18-10-11-20(25)21(26)13-18/h7-13,16H,14-15H2,1-6H3,(H,27,31)/t16-/m1/s1. The molecule has 0 aliphatic carbocycles. The van der Waals surface area contributed by atoms with Gasteiger partial charge in [0, 0.05) is 18.2 Å². The summed E-state index contributed by atoms with van der Waals surface area (Å²) in [7, 11) is -2.56. The summed E-state index contributed by atoms with van der Waals surface area (Å²) in [4.78, 5) is 27.6. The number of halogens is 2. The van der Waals surface area contributed by atoms with Crippen LogP contribution in [0.1, 0.15) is 33.3 Å². The Morgan fingerprint density at radius 3 is 2.29 bits per heavy atom. The number of rotatable bonds is 9. The average molecular weight is 512 g/mol. The summed E-state index contributed by atoms with van der Waals surface area (Å²) in [5.74, 6) is -3.01. The molecule has 2 aromatic carbocycles. The number of carbonyl (C=O) groups excluding carboxylic acids is 2. The zero-order valence-electron chi connectivity index (χ0n) is 20.6. The first-order valence-corrected chi connectivity index (χ1v) is 12.6. The fraction of sp³-hybridized carbons (Fsp3) is 0.417. The minimum Gasteiger partial charge on any atom is -0.497 e. The second kappa shape index (κ2) is 11.0. The normalized spacial score (nSPS) is 12.6. The summed E-state index contributed by atoms with van der Waals surface area (Å²) in [5, 5.41) is 2.81. The van der Waals surface area contributed by atoms with Crippen LogP contribution in [0.25, 0.3) is 0 Å². The highest BCUT2D eigenvalue weighted by Gasteiger charge is 2.31. The van der Waals surface area contributed by atoms with E-state index in [4.69, 9.17) is 4.74 Å². The van der Waals surface area contributed by atoms with Crippen LogP contribution in [0.3, 0.4) is 0 Å². The summed E-state index contributed by atoms with van der Waals surface area (Å²) in [5.41, 5.74) is -0.139. The molecule has 1 atom stereocenters. The molecule has 192 valence electrons. The second-order valence-corrected chi connectivity index (χ2v) is 11.1. The zero-order chi connectivity index (χ0) is 26.6. The number of hydrogen-bond donors (Lipinski definition) is 1. The van der Waals surface area contributed by atoms with E-state index < -0.39 is 51.6 Å². The van der Waals surface area contributed by atoms with Crippen LogP contribution < -0.4 is 14.4 Å². The molecular weight excluding hydrogens is 480 g/mol. The molecule has 1 N–H and O–H groups in total. The summed E-state index contributed by atoms with van der Waals surface area (Å²) in [6, 6.07) is 8.45. The Balaban J connectivity index is 2.44. The van der Waals surface area contributed by atoms with Crippen molar-refractivity contribution in [3.63, 3.8) is 0 Å². The SMILES string of the molecule is COc1cccc(CN(C(=O)CN(c2ccc(F)c(F)c2)S(C)(=O)=O)[C@H](C)C(=O)NC(C)(C)C)c1. The first kappa shape index (κ1) is 28.0. The molecule has 35 heavy (non-hydrogen) atoms. The van der Waals surface area contributed by atoms with Gasteiger partial charge in [-0.15, -0.1) is 0 Å². The van der Waals surface area contributed by atoms with Crippen molar-refractivity contribution < 1.29 is 31.5 Å². The van der Waals surface area contributed by atoms with Gasteiger partial charge in [-0.25, -0.2) is 17.2 Å². The fourth-order valence-corrected chi connectivity index (χ4v) is 4.12. The first-order chi connectivity index (χ1) is 16.1. The number of nitrogens with zero attached hydrogens (tertiary/aromatic N) is 2. The topological polar surface area (TPSA) is 96.0 Å². The number of hydrogen-bond acceptors (Lipinski definition) is 5. The zero-order valence-corrected chi connectivity index (χ0v) is 21.4. The van der Waals surface area contributed by atoms with Crippen LogP contribution in [0.4, 0.5) is 14.5 Å². The Morgan fingerprint density at radius 1 is 1.09 bits per heavy atom. The van der Waals surface area contributed by atoms with E-state index in [0.29, 0.717) is 21.7 Å². The smallest absolute Gasteiger partial charge is 0.244 e. The third kappa shape index (κ3) is 7.91. The molecule has 0 aliphatic rings. The Hall–Kier alpha value is -3.21. The van der Waals surface area contributed by atoms with Crippen molar-refractivity contribution in [2.45, 2.75) is 45.8 Å². The van der Waals surface area contributed by atoms with Gasteiger partial charge in [0.1, 0.15) is 18.3 Å². The molecule has 8 nitrogen and oxygen atoms in total. The number of sulfonamides is 1. The van der Waals surface area contributed by atoms with Gasteiger partial charge in [-0.1, -0.05) is 12.1 Å². The maximum absolute atomic E-state index is 13.8. The van der Waals surface area contributed by atoms with Gasteiger partial charge in [0.25, 0.3) is 0 Å². The van der Waals surface area contributed by atoms with Gasteiger partial charge in [-0.05, 0) is 57.5 Å². The third-order valence-electron chi connectivity index (χ3n) is 5.02. The predicted octanol–water partition coefficient (Wildman–Crippen LogP) is 3.07. The van der Waals surface area contributed by atoms with E-state index in [2.05, 4.69) is 5.32 Å². The minimum atomic E-state index is -4.06. The third-order valence-corrected chi connectivity index (χ3v) is 6.16. The van der Waals surface area contributed by atoms with Gasteiger partial charge in [0.05, 0.1) is 19.1 Å². The molecule has 11 heteroatoms. The van der Waals surface area contributed by atoms with Gasteiger partial charge >= 0.3 is 0 Å². The van der Waals surface area contributed by atoms with E-state index in [1.54, 1.807) is 45.0 Å². The molecule has 0 aromatic heterocycles. The van der Waals surface area contributed by atoms with Crippen molar-refractivity contribution in [1.29, 1.82) is 0 Å². The fourth-order valence-electron chi connectivity index (χ4n) is 3.28. The van der Waals surface area contributed by atoms with Crippen molar-refractivity contribution in [2.75, 3.05) is 24.2 Å². The summed E-state index contributed by atoms with van der Waals surface area (Å²) in [6.45, 7) is 6.16. The van der Waals surface area contributed by atoms with Crippen LogP contribution in [0.15, 0.2) is 42.5 Å². The van der Waals surface area contributed by atoms with E-state index in [9.17, 15) is 26.8 Å². The summed E-state index contributed by atoms with van der Waals surface area (Å²) in [6.07, 6.45) is 0.851. The molecule has 2 rings (SSSR count). The highest BCUT2D eigenvalue weighted by atomic mass is 32.2. The number of nitrogens with one attached hydrogen (secondary N) is 1. The Kier molecular flexibility index (Phi) is 8.83. The van der Waals surface area contributed by atoms with Gasteiger partial charge in [0.15, 0.2) is 11.6 Å². The largest absolute Gasteiger partial charge is 0.497 e. The van der Waals surface area contributed by atoms with E-state index >= 15 is 0 Å². The molecule has 0 radical (unpaired) electrons. The van der Waals surface area contributed by atoms with Crippen molar-refractivity contribution in [1.82, 2.24) is 10.2 Å². The van der Waals surface area contributed by atoms with Crippen molar-refractivity contribution in [3.05, 3.63) is 59.7 Å². The predicted molar refractivity (Wildman–Crippen MR) is 129 cm³/mol. The summed E-state index contributed by atoms with van der Waals surface area (Å²) < 4.78 is 58.0. The van der Waals surface area contributed by atoms with E-state index in [1.165, 1.54) is 18.9 Å². The highest BCUT2D eigenvalue weighted by molar-refractivity contribution is 7.92. The molecular formula is C24H31F2N3O5S. The molecule has 0 saturated carbocycles. The van der Waals surface area contributed by atoms with Crippen LogP contribution in [0.2, 0.25) is 0 Å². The molecule has 0 bridgehead atoms. The molecule has 0 heterocycles. The van der Waals surface area contributed by atoms with Gasteiger partial charge in [-0.2, -0.15) is 0 Å². The number of anilines is 1. The quantitative estimate of drug-likeness (QED) is 0.558. The number of amides is 2. The van der Waals surface area contributed by atoms with Gasteiger partial charge in [0.2, 0.25) is 21.8 Å². The molecule has 0 spiro atoms. The number of methoxy groups -OCH3 is 1. The lowest BCUT2D eigenvalue weighted by Crippen LogP contribution is -2.54. The van der Waals surface area contributed by atoms with Crippen molar-refractivity contribution in [2.24, 2.45) is 0 Å². The lowest BCUT2D eigenvalue weighted by atomic mass is 10.1. The van der Waals surface area contributed by atoms with Gasteiger partial charge < -0.3 is 15.0 Å². The molecule has 0 fully saturated rings. The maximum Gasteiger partial charge on any atom is 0.244 e. The number of benzene rings is 2. The molecule has 0 saturated heterocycles. The average Bonchev–Trinajstić information content (AvgIpc) is 2.75. The molecule has 0 aliphatic heterocycles. The monoisotopic (exact) mass is 511 g/mol. The van der Waals surface area contributed by atoms with Crippen LogP contribution >= 0.6 is 0 Å². The molecule has 2 amide bonds. The molecule has 0 unspecified atom stereocenters. The van der Waals surface area contributed by atoms with Crippen LogP contribution in [0, 0.1) is 11.6 Å². The lowest BCUT2D eigenvalue weighted by Gasteiger charge is -2.33. The number of carbonyl (C=O) groups is 2. The van der Waals surface area contributed by atoms with E-state index in [1.807, 2.05) is 0 Å². The van der Waals surface area contributed by atoms with Crippen molar-refractivity contribution >= 4 is 27.5 Å². The number of ether oxygens (including phenoxy) is 1. The Bertz CT molecular complexity index is 1180. The molecule has 2 aromatic rings. The van der Waals surface area contributed by atoms with Gasteiger partial charge in [-0.3, -0.25) is 13.9 Å². The van der Waals surface area contributed by atoms with E-state index in [0.717, 1.165) is 18.4 Å². The van der Waals surface area contributed by atoms with Crippen molar-refractivity contribution in [3.8, 4) is 5.75 Å². The first-order valence-electron chi connectivity index (χ1n) is 10.8. The Morgan fingerprint density at radius 2 is 1.74 bits per heavy atom. The van der Waals surface area contributed by atoms with Crippen LogP contribution in [-0.4, -0.2) is 56.6 Å². The Labute approximate surface area is 204 Å². The highest BCUT2D eigenvalue weighted by Crippen LogP contribution is 2.22. The maximum atomic E-state index is 13.8. The van der Waals surface area contributed by atoms with Crippen LogP contribution in [-0.2, 0) is 26.2 Å². The minimum absolute atomic E-state index is 0.0237. The lowest BCUT2D eigenvalue weighted by molar-refractivity contribution is -0.140. The van der Waals surface area contributed by atoms with Crippen LogP contribution in [0.5, 0.6) is 5.75 Å².